The molecule has 1 heterocycles. The van der Waals surface area contributed by atoms with Crippen LogP contribution in [-0.2, 0) is 0 Å². The first-order chi connectivity index (χ1) is 8.65. The summed E-state index contributed by atoms with van der Waals surface area (Å²) < 4.78 is 0. The van der Waals surface area contributed by atoms with Gasteiger partial charge in [0.15, 0.2) is 0 Å². The Morgan fingerprint density at radius 3 is 2.28 bits per heavy atom. The van der Waals surface area contributed by atoms with Crippen LogP contribution in [0.4, 0.5) is 0 Å². The molecular weight excluding hydrogens is 230 g/mol. The highest BCUT2D eigenvalue weighted by molar-refractivity contribution is 6.21. The molecule has 1 aromatic rings. The summed E-state index contributed by atoms with van der Waals surface area (Å²) in [7, 11) is 0. The zero-order valence-electron chi connectivity index (χ0n) is 9.74. The van der Waals surface area contributed by atoms with E-state index < -0.39 is 6.10 Å². The van der Waals surface area contributed by atoms with E-state index in [-0.39, 0.29) is 18.4 Å². The summed E-state index contributed by atoms with van der Waals surface area (Å²) in [4.78, 5) is 25.0. The number of amides is 2. The van der Waals surface area contributed by atoms with Crippen molar-refractivity contribution in [2.75, 3.05) is 6.54 Å². The van der Waals surface area contributed by atoms with Crippen LogP contribution in [0.1, 0.15) is 20.7 Å². The Labute approximate surface area is 105 Å². The molecule has 0 fully saturated rings. The number of allylic oxidation sites excluding steroid dienone is 2. The quantitative estimate of drug-likeness (QED) is 0.642. The van der Waals surface area contributed by atoms with Gasteiger partial charge in [-0.2, -0.15) is 0 Å². The van der Waals surface area contributed by atoms with E-state index in [0.717, 1.165) is 4.90 Å². The molecule has 4 nitrogen and oxygen atoms in total. The van der Waals surface area contributed by atoms with Crippen LogP contribution in [0, 0.1) is 0 Å². The number of aliphatic hydroxyl groups is 1. The summed E-state index contributed by atoms with van der Waals surface area (Å²) in [6.07, 6.45) is 3.69. The van der Waals surface area contributed by atoms with E-state index in [9.17, 15) is 14.7 Å². The van der Waals surface area contributed by atoms with Gasteiger partial charge in [-0.25, -0.2) is 0 Å². The molecule has 2 rings (SSSR count). The van der Waals surface area contributed by atoms with Crippen molar-refractivity contribution in [3.8, 4) is 0 Å². The minimum absolute atomic E-state index is 0.0450. The second-order valence-electron chi connectivity index (χ2n) is 3.95. The SMILES string of the molecule is C=C/C=C/C(O)CN1C(=O)c2ccccc2C1=O. The maximum Gasteiger partial charge on any atom is 0.261 e. The fourth-order valence-electron chi connectivity index (χ4n) is 1.86. The third-order valence-electron chi connectivity index (χ3n) is 2.72. The fraction of sp³-hybridized carbons (Fsp3) is 0.143. The van der Waals surface area contributed by atoms with E-state index in [4.69, 9.17) is 0 Å². The Kier molecular flexibility index (Phi) is 3.39. The number of hydrogen-bond acceptors (Lipinski definition) is 3. The average molecular weight is 243 g/mol. The van der Waals surface area contributed by atoms with Crippen LogP contribution in [0.2, 0.25) is 0 Å². The molecule has 18 heavy (non-hydrogen) atoms. The molecule has 0 aliphatic carbocycles. The fourth-order valence-corrected chi connectivity index (χ4v) is 1.86. The van der Waals surface area contributed by atoms with Crippen molar-refractivity contribution < 1.29 is 14.7 Å². The standard InChI is InChI=1S/C14H13NO3/c1-2-3-6-10(16)9-15-13(17)11-7-4-5-8-12(11)14(15)18/h2-8,10,16H,1,9H2/b6-3+. The molecule has 1 atom stereocenters. The largest absolute Gasteiger partial charge is 0.387 e. The molecule has 0 saturated carbocycles. The number of aliphatic hydroxyl groups excluding tert-OH is 1. The van der Waals surface area contributed by atoms with Crippen molar-refractivity contribution in [3.63, 3.8) is 0 Å². The van der Waals surface area contributed by atoms with E-state index in [2.05, 4.69) is 6.58 Å². The van der Waals surface area contributed by atoms with Crippen LogP contribution in [0.25, 0.3) is 0 Å². The van der Waals surface area contributed by atoms with Crippen molar-refractivity contribution in [3.05, 3.63) is 60.2 Å². The normalized spacial score (nSPS) is 16.2. The highest BCUT2D eigenvalue weighted by Gasteiger charge is 2.35. The van der Waals surface area contributed by atoms with E-state index >= 15 is 0 Å². The summed E-state index contributed by atoms with van der Waals surface area (Å²) in [6, 6.07) is 6.65. The van der Waals surface area contributed by atoms with Gasteiger partial charge in [0.05, 0.1) is 23.8 Å². The van der Waals surface area contributed by atoms with Gasteiger partial charge in [0.1, 0.15) is 0 Å². The lowest BCUT2D eigenvalue weighted by Gasteiger charge is -2.15. The summed E-state index contributed by atoms with van der Waals surface area (Å²) in [5.41, 5.74) is 0.782. The number of carbonyl (C=O) groups excluding carboxylic acids is 2. The second kappa shape index (κ2) is 4.98. The third-order valence-corrected chi connectivity index (χ3v) is 2.72. The lowest BCUT2D eigenvalue weighted by molar-refractivity contribution is 0.0586. The number of imide groups is 1. The number of hydrogen-bond donors (Lipinski definition) is 1. The first kappa shape index (κ1) is 12.3. The number of rotatable bonds is 4. The minimum atomic E-state index is -0.884. The van der Waals surface area contributed by atoms with Crippen molar-refractivity contribution >= 4 is 11.8 Å². The van der Waals surface area contributed by atoms with Gasteiger partial charge in [-0.1, -0.05) is 36.9 Å². The van der Waals surface area contributed by atoms with E-state index in [1.807, 2.05) is 0 Å². The van der Waals surface area contributed by atoms with Gasteiger partial charge in [0, 0.05) is 0 Å². The molecule has 1 aromatic carbocycles. The van der Waals surface area contributed by atoms with Gasteiger partial charge in [-0.05, 0) is 12.1 Å². The monoisotopic (exact) mass is 243 g/mol. The third kappa shape index (κ3) is 2.10. The predicted molar refractivity (Wildman–Crippen MR) is 67.2 cm³/mol. The van der Waals surface area contributed by atoms with Gasteiger partial charge < -0.3 is 5.11 Å². The molecule has 0 bridgehead atoms. The van der Waals surface area contributed by atoms with Gasteiger partial charge in [0.25, 0.3) is 11.8 Å². The van der Waals surface area contributed by atoms with E-state index in [1.54, 1.807) is 30.3 Å². The Balaban J connectivity index is 2.18. The summed E-state index contributed by atoms with van der Waals surface area (Å²) in [6.45, 7) is 3.44. The zero-order chi connectivity index (χ0) is 13.1. The number of β-amino-alcohol motifs (C(OH)–C–C–N with tert-alkyl or cyclic N) is 1. The molecular formula is C14H13NO3. The summed E-state index contributed by atoms with van der Waals surface area (Å²) >= 11 is 0. The van der Waals surface area contributed by atoms with Crippen molar-refractivity contribution in [2.24, 2.45) is 0 Å². The Morgan fingerprint density at radius 2 is 1.78 bits per heavy atom. The van der Waals surface area contributed by atoms with Gasteiger partial charge in [0.2, 0.25) is 0 Å². The Hall–Kier alpha value is -2.20. The lowest BCUT2D eigenvalue weighted by atomic mass is 10.1. The molecule has 1 N–H and O–H groups in total. The van der Waals surface area contributed by atoms with Crippen LogP contribution in [0.5, 0.6) is 0 Å². The maximum absolute atomic E-state index is 12.0. The number of fused-ring (bicyclic) bond motifs is 1. The van der Waals surface area contributed by atoms with Gasteiger partial charge in [-0.3, -0.25) is 14.5 Å². The maximum atomic E-state index is 12.0. The first-order valence-electron chi connectivity index (χ1n) is 5.57. The minimum Gasteiger partial charge on any atom is -0.387 e. The zero-order valence-corrected chi connectivity index (χ0v) is 9.74. The Bertz CT molecular complexity index is 499. The van der Waals surface area contributed by atoms with Crippen LogP contribution in [0.3, 0.4) is 0 Å². The molecule has 0 aromatic heterocycles. The highest BCUT2D eigenvalue weighted by Crippen LogP contribution is 2.22. The molecule has 1 aliphatic rings. The van der Waals surface area contributed by atoms with E-state index in [1.165, 1.54) is 12.2 Å². The van der Waals surface area contributed by atoms with Crippen LogP contribution >= 0.6 is 0 Å². The second-order valence-corrected chi connectivity index (χ2v) is 3.95. The topological polar surface area (TPSA) is 57.6 Å². The average Bonchev–Trinajstić information content (AvgIpc) is 2.62. The highest BCUT2D eigenvalue weighted by atomic mass is 16.3. The Morgan fingerprint density at radius 1 is 1.22 bits per heavy atom. The first-order valence-corrected chi connectivity index (χ1v) is 5.57. The number of carbonyl (C=O) groups is 2. The predicted octanol–water partition coefficient (Wildman–Crippen LogP) is 1.39. The molecule has 0 radical (unpaired) electrons. The molecule has 1 aliphatic heterocycles. The molecule has 2 amide bonds. The lowest BCUT2D eigenvalue weighted by Crippen LogP contribution is -2.36. The summed E-state index contributed by atoms with van der Waals surface area (Å²) in [5.74, 6) is -0.719. The molecule has 0 saturated heterocycles. The molecule has 92 valence electrons. The summed E-state index contributed by atoms with van der Waals surface area (Å²) in [5, 5.41) is 9.67. The van der Waals surface area contributed by atoms with Crippen molar-refractivity contribution in [1.82, 2.24) is 4.90 Å². The van der Waals surface area contributed by atoms with Gasteiger partial charge in [-0.15, -0.1) is 0 Å². The van der Waals surface area contributed by atoms with Crippen LogP contribution in [0.15, 0.2) is 49.1 Å². The smallest absolute Gasteiger partial charge is 0.261 e. The van der Waals surface area contributed by atoms with Crippen LogP contribution in [-0.4, -0.2) is 34.5 Å². The van der Waals surface area contributed by atoms with Crippen molar-refractivity contribution in [2.45, 2.75) is 6.10 Å². The number of benzene rings is 1. The molecule has 1 unspecified atom stereocenters. The number of nitrogens with zero attached hydrogens (tertiary/aromatic N) is 1. The molecule has 0 spiro atoms. The molecule has 4 heteroatoms. The van der Waals surface area contributed by atoms with Crippen molar-refractivity contribution in [1.29, 1.82) is 0 Å². The van der Waals surface area contributed by atoms with E-state index in [0.29, 0.717) is 11.1 Å². The van der Waals surface area contributed by atoms with Gasteiger partial charge >= 0.3 is 0 Å². The van der Waals surface area contributed by atoms with Crippen LogP contribution < -0.4 is 0 Å².